The fourth-order valence-corrected chi connectivity index (χ4v) is 2.35. The Hall–Kier alpha value is -2.44. The molecule has 0 aliphatic carbocycles. The predicted octanol–water partition coefficient (Wildman–Crippen LogP) is 2.43. The molecule has 21 heavy (non-hydrogen) atoms. The number of nitrogens with zero attached hydrogens (tertiary/aromatic N) is 2. The fraction of sp³-hybridized carbons (Fsp3) is 0.429. The van der Waals surface area contributed by atoms with E-state index in [2.05, 4.69) is 5.32 Å². The molecule has 1 aromatic rings. The Morgan fingerprint density at radius 3 is 2.95 bits per heavy atom. The molecule has 0 radical (unpaired) electrons. The average molecular weight is 291 g/mol. The summed E-state index contributed by atoms with van der Waals surface area (Å²) < 4.78 is 0. The summed E-state index contributed by atoms with van der Waals surface area (Å²) in [6.07, 6.45) is 1.07. The van der Waals surface area contributed by atoms with Gasteiger partial charge in [-0.3, -0.25) is 14.9 Å². The molecule has 2 amide bonds. The minimum Gasteiger partial charge on any atom is -0.323 e. The molecule has 1 saturated heterocycles. The van der Waals surface area contributed by atoms with Crippen LogP contribution in [-0.4, -0.2) is 34.7 Å². The van der Waals surface area contributed by atoms with E-state index >= 15 is 0 Å². The van der Waals surface area contributed by atoms with E-state index in [1.165, 1.54) is 18.2 Å². The smallest absolute Gasteiger partial charge is 0.321 e. The lowest BCUT2D eigenvalue weighted by Crippen LogP contribution is -2.45. The number of carbonyl (C=O) groups is 2. The largest absolute Gasteiger partial charge is 0.323 e. The van der Waals surface area contributed by atoms with Crippen molar-refractivity contribution in [2.75, 3.05) is 18.4 Å². The van der Waals surface area contributed by atoms with Gasteiger partial charge in [0.25, 0.3) is 5.69 Å². The lowest BCUT2D eigenvalue weighted by molar-refractivity contribution is -0.384. The molecule has 1 heterocycles. The second-order valence-electron chi connectivity index (χ2n) is 5.01. The molecule has 1 atom stereocenters. The van der Waals surface area contributed by atoms with Gasteiger partial charge in [-0.25, -0.2) is 4.79 Å². The summed E-state index contributed by atoms with van der Waals surface area (Å²) in [5, 5.41) is 13.3. The third kappa shape index (κ3) is 3.56. The first kappa shape index (κ1) is 15.0. The summed E-state index contributed by atoms with van der Waals surface area (Å²) in [6, 6.07) is 5.45. The second-order valence-corrected chi connectivity index (χ2v) is 5.01. The number of urea groups is 1. The molecule has 1 aliphatic heterocycles. The van der Waals surface area contributed by atoms with E-state index in [4.69, 9.17) is 0 Å². The molecule has 0 spiro atoms. The van der Waals surface area contributed by atoms with Crippen LogP contribution in [0.2, 0.25) is 0 Å². The Kier molecular flexibility index (Phi) is 4.52. The highest BCUT2D eigenvalue weighted by molar-refractivity contribution is 5.91. The number of non-ortho nitro benzene ring substituents is 1. The summed E-state index contributed by atoms with van der Waals surface area (Å²) in [6.45, 7) is 2.71. The van der Waals surface area contributed by atoms with Crippen LogP contribution in [0.5, 0.6) is 0 Å². The number of benzene rings is 1. The fourth-order valence-electron chi connectivity index (χ4n) is 2.35. The van der Waals surface area contributed by atoms with Crippen molar-refractivity contribution in [2.45, 2.75) is 19.8 Å². The number of nitrogens with one attached hydrogen (secondary N) is 1. The molecule has 1 unspecified atom stereocenters. The van der Waals surface area contributed by atoms with Crippen molar-refractivity contribution < 1.29 is 14.5 Å². The van der Waals surface area contributed by atoms with Gasteiger partial charge in [0, 0.05) is 43.2 Å². The quantitative estimate of drug-likeness (QED) is 0.683. The van der Waals surface area contributed by atoms with Crippen LogP contribution in [0.25, 0.3) is 0 Å². The molecular formula is C14H17N3O4. The zero-order chi connectivity index (χ0) is 15.4. The number of ketones is 1. The highest BCUT2D eigenvalue weighted by Crippen LogP contribution is 2.20. The summed E-state index contributed by atoms with van der Waals surface area (Å²) in [5.74, 6) is 0.0755. The van der Waals surface area contributed by atoms with Crippen LogP contribution in [0.3, 0.4) is 0 Å². The van der Waals surface area contributed by atoms with Crippen molar-refractivity contribution in [2.24, 2.45) is 5.92 Å². The molecule has 1 aliphatic rings. The van der Waals surface area contributed by atoms with Crippen LogP contribution in [0.15, 0.2) is 24.3 Å². The molecule has 0 bridgehead atoms. The number of carbonyl (C=O) groups excluding carboxylic acids is 2. The van der Waals surface area contributed by atoms with Crippen LogP contribution in [0.1, 0.15) is 19.8 Å². The van der Waals surface area contributed by atoms with Crippen LogP contribution in [0, 0.1) is 16.0 Å². The van der Waals surface area contributed by atoms with Gasteiger partial charge < -0.3 is 10.2 Å². The highest BCUT2D eigenvalue weighted by Gasteiger charge is 2.28. The lowest BCUT2D eigenvalue weighted by atomic mass is 9.94. The van der Waals surface area contributed by atoms with E-state index in [1.54, 1.807) is 11.0 Å². The number of hydrogen-bond acceptors (Lipinski definition) is 4. The maximum Gasteiger partial charge on any atom is 0.321 e. The zero-order valence-corrected chi connectivity index (χ0v) is 11.7. The number of Topliss-reactive ketones (excluding diaryl/α,β-unsaturated/α-hetero) is 1. The number of likely N-dealkylation sites (tertiary alicyclic amines) is 1. The number of nitro benzene ring substituents is 1. The van der Waals surface area contributed by atoms with Gasteiger partial charge in [0.15, 0.2) is 0 Å². The number of amides is 2. The standard InChI is InChI=1S/C14H17N3O4/c1-2-10-9-16(7-6-13(10)18)14(19)15-11-4-3-5-12(8-11)17(20)21/h3-5,8,10H,2,6-7,9H2,1H3,(H,15,19). The molecule has 7 heteroatoms. The minimum atomic E-state index is -0.512. The van der Waals surface area contributed by atoms with Gasteiger partial charge in [-0.05, 0) is 12.5 Å². The first-order chi connectivity index (χ1) is 10.0. The number of piperidine rings is 1. The van der Waals surface area contributed by atoms with Crippen molar-refractivity contribution in [1.82, 2.24) is 4.90 Å². The third-order valence-electron chi connectivity index (χ3n) is 3.61. The maximum atomic E-state index is 12.2. The number of anilines is 1. The molecule has 1 fully saturated rings. The molecule has 2 rings (SSSR count). The van der Waals surface area contributed by atoms with E-state index in [0.717, 1.165) is 0 Å². The van der Waals surface area contributed by atoms with Gasteiger partial charge in [-0.2, -0.15) is 0 Å². The summed E-state index contributed by atoms with van der Waals surface area (Å²) in [7, 11) is 0. The van der Waals surface area contributed by atoms with Gasteiger partial charge in [-0.1, -0.05) is 13.0 Å². The van der Waals surface area contributed by atoms with Crippen molar-refractivity contribution in [1.29, 1.82) is 0 Å². The van der Waals surface area contributed by atoms with Crippen molar-refractivity contribution in [3.05, 3.63) is 34.4 Å². The molecule has 0 aromatic heterocycles. The molecule has 1 N–H and O–H groups in total. The predicted molar refractivity (Wildman–Crippen MR) is 77.1 cm³/mol. The van der Waals surface area contributed by atoms with Crippen molar-refractivity contribution in [3.8, 4) is 0 Å². The van der Waals surface area contributed by atoms with E-state index < -0.39 is 4.92 Å². The third-order valence-corrected chi connectivity index (χ3v) is 3.61. The molecule has 112 valence electrons. The minimum absolute atomic E-state index is 0.0759. The van der Waals surface area contributed by atoms with Gasteiger partial charge in [0.05, 0.1) is 4.92 Å². The Balaban J connectivity index is 2.03. The van der Waals surface area contributed by atoms with E-state index in [1.807, 2.05) is 6.92 Å². The monoisotopic (exact) mass is 291 g/mol. The average Bonchev–Trinajstić information content (AvgIpc) is 2.47. The topological polar surface area (TPSA) is 92.6 Å². The van der Waals surface area contributed by atoms with Crippen LogP contribution < -0.4 is 5.32 Å². The van der Waals surface area contributed by atoms with Gasteiger partial charge in [0.2, 0.25) is 0 Å². The normalized spacial score (nSPS) is 18.4. The Morgan fingerprint density at radius 1 is 1.52 bits per heavy atom. The molecular weight excluding hydrogens is 274 g/mol. The van der Waals surface area contributed by atoms with Gasteiger partial charge in [0.1, 0.15) is 5.78 Å². The first-order valence-corrected chi connectivity index (χ1v) is 6.84. The van der Waals surface area contributed by atoms with Crippen molar-refractivity contribution >= 4 is 23.2 Å². The Bertz CT molecular complexity index is 573. The van der Waals surface area contributed by atoms with Crippen molar-refractivity contribution in [3.63, 3.8) is 0 Å². The van der Waals surface area contributed by atoms with Gasteiger partial charge in [-0.15, -0.1) is 0 Å². The number of rotatable bonds is 3. The second kappa shape index (κ2) is 6.34. The first-order valence-electron chi connectivity index (χ1n) is 6.84. The SMILES string of the molecule is CCC1CN(C(=O)Nc2cccc([N+](=O)[O-])c2)CCC1=O. The van der Waals surface area contributed by atoms with Crippen LogP contribution in [0.4, 0.5) is 16.2 Å². The lowest BCUT2D eigenvalue weighted by Gasteiger charge is -2.31. The van der Waals surface area contributed by atoms with Gasteiger partial charge >= 0.3 is 6.03 Å². The molecule has 7 nitrogen and oxygen atoms in total. The van der Waals surface area contributed by atoms with Crippen LogP contribution >= 0.6 is 0 Å². The van der Waals surface area contributed by atoms with E-state index in [0.29, 0.717) is 31.6 Å². The summed E-state index contributed by atoms with van der Waals surface area (Å²) >= 11 is 0. The molecule has 0 saturated carbocycles. The highest BCUT2D eigenvalue weighted by atomic mass is 16.6. The van der Waals surface area contributed by atoms with E-state index in [-0.39, 0.29) is 23.4 Å². The Labute approximate surface area is 122 Å². The summed E-state index contributed by atoms with van der Waals surface area (Å²) in [5.41, 5.74) is 0.298. The summed E-state index contributed by atoms with van der Waals surface area (Å²) in [4.78, 5) is 35.6. The Morgan fingerprint density at radius 2 is 2.29 bits per heavy atom. The zero-order valence-electron chi connectivity index (χ0n) is 11.7. The maximum absolute atomic E-state index is 12.2. The number of hydrogen-bond donors (Lipinski definition) is 1. The van der Waals surface area contributed by atoms with Crippen LogP contribution in [-0.2, 0) is 4.79 Å². The number of nitro groups is 1. The van der Waals surface area contributed by atoms with E-state index in [9.17, 15) is 19.7 Å². The molecule has 1 aromatic carbocycles.